The molecule has 3 aromatic rings. The van der Waals surface area contributed by atoms with E-state index < -0.39 is 0 Å². The molecule has 5 rings (SSSR count). The van der Waals surface area contributed by atoms with Gasteiger partial charge in [-0.3, -0.25) is 9.69 Å². The third kappa shape index (κ3) is 3.56. The predicted molar refractivity (Wildman–Crippen MR) is 116 cm³/mol. The number of nitrogens with zero attached hydrogens (tertiary/aromatic N) is 4. The highest BCUT2D eigenvalue weighted by atomic mass is 79.9. The van der Waals surface area contributed by atoms with Crippen LogP contribution in [0.3, 0.4) is 0 Å². The minimum atomic E-state index is -0.285. The van der Waals surface area contributed by atoms with E-state index in [1.54, 1.807) is 21.7 Å². The molecule has 0 bridgehead atoms. The number of urea groups is 1. The Bertz CT molecular complexity index is 1110. The van der Waals surface area contributed by atoms with Gasteiger partial charge < -0.3 is 10.6 Å². The van der Waals surface area contributed by atoms with E-state index in [2.05, 4.69) is 36.9 Å². The third-order valence-electron chi connectivity index (χ3n) is 5.25. The van der Waals surface area contributed by atoms with E-state index in [1.807, 2.05) is 36.4 Å². The number of hydrogen-bond donors (Lipinski definition) is 2. The zero-order chi connectivity index (χ0) is 20.7. The summed E-state index contributed by atoms with van der Waals surface area (Å²) in [5, 5.41) is 14.1. The summed E-state index contributed by atoms with van der Waals surface area (Å²) in [6, 6.07) is 14.9. The predicted octanol–water partition coefficient (Wildman–Crippen LogP) is 3.69. The first-order valence-electron chi connectivity index (χ1n) is 9.78. The maximum atomic E-state index is 13.0. The van der Waals surface area contributed by atoms with Crippen LogP contribution in [0.4, 0.5) is 16.2 Å². The average molecular weight is 467 g/mol. The zero-order valence-corrected chi connectivity index (χ0v) is 17.6. The molecule has 9 heteroatoms. The molecule has 8 nitrogen and oxygen atoms in total. The molecule has 2 aromatic carbocycles. The Labute approximate surface area is 181 Å². The number of benzene rings is 2. The second-order valence-electron chi connectivity index (χ2n) is 7.37. The van der Waals surface area contributed by atoms with Gasteiger partial charge in [-0.2, -0.15) is 0 Å². The molecule has 2 N–H and O–H groups in total. The summed E-state index contributed by atoms with van der Waals surface area (Å²) in [6.07, 6.45) is 2.05. The number of carbonyl (C=O) groups is 2. The first kappa shape index (κ1) is 18.8. The van der Waals surface area contributed by atoms with E-state index in [9.17, 15) is 9.59 Å². The lowest BCUT2D eigenvalue weighted by Gasteiger charge is -2.14. The molecule has 2 fully saturated rings. The van der Waals surface area contributed by atoms with Crippen LogP contribution in [0.5, 0.6) is 0 Å². The quantitative estimate of drug-likeness (QED) is 0.599. The average Bonchev–Trinajstić information content (AvgIpc) is 3.34. The maximum Gasteiger partial charge on any atom is 0.321 e. The Hall–Kier alpha value is -3.20. The SMILES string of the molecule is O=C(Nc1ccc(N2CCNC2=O)cc1)c1nnn(-c2ccc(Br)cc2)c1C1CC1. The molecular weight excluding hydrogens is 448 g/mol. The Morgan fingerprint density at radius 2 is 1.77 bits per heavy atom. The Morgan fingerprint density at radius 3 is 2.40 bits per heavy atom. The molecule has 1 aliphatic carbocycles. The topological polar surface area (TPSA) is 92.2 Å². The van der Waals surface area contributed by atoms with Gasteiger partial charge in [0.25, 0.3) is 5.91 Å². The van der Waals surface area contributed by atoms with Crippen molar-refractivity contribution >= 4 is 39.2 Å². The number of nitrogens with one attached hydrogen (secondary N) is 2. The molecule has 30 heavy (non-hydrogen) atoms. The van der Waals surface area contributed by atoms with Crippen LogP contribution in [0.15, 0.2) is 53.0 Å². The fourth-order valence-corrected chi connectivity index (χ4v) is 3.84. The fourth-order valence-electron chi connectivity index (χ4n) is 3.58. The van der Waals surface area contributed by atoms with Gasteiger partial charge in [0.05, 0.1) is 11.4 Å². The monoisotopic (exact) mass is 466 g/mol. The van der Waals surface area contributed by atoms with Crippen molar-refractivity contribution in [2.75, 3.05) is 23.3 Å². The van der Waals surface area contributed by atoms with Crippen molar-refractivity contribution in [2.45, 2.75) is 18.8 Å². The van der Waals surface area contributed by atoms with Crippen molar-refractivity contribution in [2.24, 2.45) is 0 Å². The molecule has 1 aromatic heterocycles. The van der Waals surface area contributed by atoms with Gasteiger partial charge in [0.1, 0.15) is 0 Å². The summed E-state index contributed by atoms with van der Waals surface area (Å²) < 4.78 is 2.74. The summed E-state index contributed by atoms with van der Waals surface area (Å²) in [4.78, 5) is 26.4. The number of hydrogen-bond acceptors (Lipinski definition) is 4. The van der Waals surface area contributed by atoms with Crippen LogP contribution in [0, 0.1) is 0 Å². The van der Waals surface area contributed by atoms with Crippen molar-refractivity contribution in [3.63, 3.8) is 0 Å². The second kappa shape index (κ2) is 7.56. The van der Waals surface area contributed by atoms with Gasteiger partial charge in [-0.15, -0.1) is 5.10 Å². The molecule has 152 valence electrons. The maximum absolute atomic E-state index is 13.0. The highest BCUT2D eigenvalue weighted by Gasteiger charge is 2.34. The van der Waals surface area contributed by atoms with Gasteiger partial charge in [-0.05, 0) is 61.4 Å². The molecule has 2 heterocycles. The highest BCUT2D eigenvalue weighted by molar-refractivity contribution is 9.10. The lowest BCUT2D eigenvalue weighted by molar-refractivity contribution is 0.102. The standard InChI is InChI=1S/C21H19BrN6O2/c22-14-3-7-17(8-4-14)28-19(13-1-2-13)18(25-26-28)20(29)24-15-5-9-16(10-6-15)27-12-11-23-21(27)30/h3-10,13H,1-2,11-12H2,(H,23,30)(H,24,29). The normalized spacial score (nSPS) is 15.9. The van der Waals surface area contributed by atoms with E-state index in [0.717, 1.165) is 34.4 Å². The Kier molecular flexibility index (Phi) is 4.74. The molecule has 1 saturated carbocycles. The van der Waals surface area contributed by atoms with Gasteiger partial charge in [0, 0.05) is 34.9 Å². The summed E-state index contributed by atoms with van der Waals surface area (Å²) in [5.41, 5.74) is 3.51. The number of amides is 3. The molecule has 0 atom stereocenters. The molecule has 0 radical (unpaired) electrons. The highest BCUT2D eigenvalue weighted by Crippen LogP contribution is 2.42. The van der Waals surface area contributed by atoms with Crippen LogP contribution < -0.4 is 15.5 Å². The van der Waals surface area contributed by atoms with Crippen molar-refractivity contribution < 1.29 is 9.59 Å². The van der Waals surface area contributed by atoms with E-state index in [-0.39, 0.29) is 11.9 Å². The van der Waals surface area contributed by atoms with E-state index in [1.165, 1.54) is 0 Å². The van der Waals surface area contributed by atoms with Crippen LogP contribution in [-0.4, -0.2) is 40.0 Å². The largest absolute Gasteiger partial charge is 0.336 e. The molecule has 2 aliphatic rings. The van der Waals surface area contributed by atoms with Crippen LogP contribution in [0.1, 0.15) is 34.9 Å². The third-order valence-corrected chi connectivity index (χ3v) is 5.78. The molecular formula is C21H19BrN6O2. The Morgan fingerprint density at radius 1 is 1.07 bits per heavy atom. The fraction of sp³-hybridized carbons (Fsp3) is 0.238. The van der Waals surface area contributed by atoms with E-state index >= 15 is 0 Å². The first-order chi connectivity index (χ1) is 14.6. The number of carbonyl (C=O) groups excluding carboxylic acids is 2. The molecule has 1 aliphatic heterocycles. The Balaban J connectivity index is 1.37. The van der Waals surface area contributed by atoms with Crippen LogP contribution >= 0.6 is 15.9 Å². The van der Waals surface area contributed by atoms with Crippen molar-refractivity contribution in [3.05, 3.63) is 64.4 Å². The second-order valence-corrected chi connectivity index (χ2v) is 8.29. The van der Waals surface area contributed by atoms with Gasteiger partial charge in [0.15, 0.2) is 5.69 Å². The summed E-state index contributed by atoms with van der Waals surface area (Å²) in [7, 11) is 0. The van der Waals surface area contributed by atoms with Crippen molar-refractivity contribution in [1.29, 1.82) is 0 Å². The summed E-state index contributed by atoms with van der Waals surface area (Å²) >= 11 is 3.44. The van der Waals surface area contributed by atoms with Crippen molar-refractivity contribution in [1.82, 2.24) is 20.3 Å². The zero-order valence-electron chi connectivity index (χ0n) is 16.0. The number of anilines is 2. The first-order valence-corrected chi connectivity index (χ1v) is 10.6. The van der Waals surface area contributed by atoms with Crippen LogP contribution in [0.2, 0.25) is 0 Å². The van der Waals surface area contributed by atoms with Crippen LogP contribution in [-0.2, 0) is 0 Å². The van der Waals surface area contributed by atoms with E-state index in [0.29, 0.717) is 30.4 Å². The van der Waals surface area contributed by atoms with E-state index in [4.69, 9.17) is 0 Å². The lowest BCUT2D eigenvalue weighted by atomic mass is 10.2. The van der Waals surface area contributed by atoms with Crippen LogP contribution in [0.25, 0.3) is 5.69 Å². The molecule has 0 spiro atoms. The minimum Gasteiger partial charge on any atom is -0.336 e. The van der Waals surface area contributed by atoms with Gasteiger partial charge in [-0.25, -0.2) is 9.48 Å². The number of rotatable bonds is 5. The van der Waals surface area contributed by atoms with Gasteiger partial charge in [0.2, 0.25) is 0 Å². The lowest BCUT2D eigenvalue weighted by Crippen LogP contribution is -2.27. The summed E-state index contributed by atoms with van der Waals surface area (Å²) in [5.74, 6) is 0.00683. The van der Waals surface area contributed by atoms with Gasteiger partial charge in [-0.1, -0.05) is 21.1 Å². The molecule has 3 amide bonds. The smallest absolute Gasteiger partial charge is 0.321 e. The molecule has 1 saturated heterocycles. The molecule has 0 unspecified atom stereocenters. The van der Waals surface area contributed by atoms with Gasteiger partial charge >= 0.3 is 6.03 Å². The summed E-state index contributed by atoms with van der Waals surface area (Å²) in [6.45, 7) is 1.27. The number of halogens is 1. The van der Waals surface area contributed by atoms with Crippen molar-refractivity contribution in [3.8, 4) is 5.69 Å². The minimum absolute atomic E-state index is 0.106. The number of aromatic nitrogens is 3.